The third-order valence-corrected chi connectivity index (χ3v) is 5.43. The van der Waals surface area contributed by atoms with Crippen LogP contribution in [0.25, 0.3) is 0 Å². The van der Waals surface area contributed by atoms with E-state index in [1.54, 1.807) is 6.92 Å². The Bertz CT molecular complexity index is 1150. The number of amides is 2. The molecule has 0 fully saturated rings. The summed E-state index contributed by atoms with van der Waals surface area (Å²) in [6.07, 6.45) is -4.81. The number of aryl methyl sites for hydroxylation is 1. The quantitative estimate of drug-likeness (QED) is 0.453. The molecule has 0 saturated carbocycles. The number of thiazole rings is 1. The van der Waals surface area contributed by atoms with Crippen molar-refractivity contribution in [2.45, 2.75) is 19.9 Å². The molecule has 12 heteroatoms. The standard InChI is InChI=1S/C22H19F4N3O4S/c1-13-20(34-19(27-13)12-32-16-7-3-14(23)4-8-16)21(31)29(2)11-18(30)28-15-5-9-17(10-6-15)33-22(24,25)26/h3-10H,11-12H2,1-2H3,(H,28,30). The number of carbonyl (C=O) groups is 2. The predicted molar refractivity (Wildman–Crippen MR) is 116 cm³/mol. The van der Waals surface area contributed by atoms with Crippen LogP contribution in [0.15, 0.2) is 48.5 Å². The maximum absolute atomic E-state index is 13.0. The summed E-state index contributed by atoms with van der Waals surface area (Å²) in [7, 11) is 1.44. The zero-order valence-electron chi connectivity index (χ0n) is 18.0. The lowest BCUT2D eigenvalue weighted by Crippen LogP contribution is -2.34. The number of ether oxygens (including phenoxy) is 2. The number of alkyl halides is 3. The van der Waals surface area contributed by atoms with Gasteiger partial charge in [-0.05, 0) is 55.5 Å². The second-order valence-corrected chi connectivity index (χ2v) is 8.13. The number of benzene rings is 2. The van der Waals surface area contributed by atoms with Gasteiger partial charge in [-0.25, -0.2) is 9.37 Å². The number of anilines is 1. The summed E-state index contributed by atoms with van der Waals surface area (Å²) in [5.41, 5.74) is 0.717. The van der Waals surface area contributed by atoms with Crippen LogP contribution in [0.4, 0.5) is 23.2 Å². The Morgan fingerprint density at radius 3 is 2.29 bits per heavy atom. The molecule has 0 aliphatic rings. The molecule has 7 nitrogen and oxygen atoms in total. The molecule has 0 aliphatic heterocycles. The molecule has 1 heterocycles. The number of nitrogens with zero attached hydrogens (tertiary/aromatic N) is 2. The lowest BCUT2D eigenvalue weighted by molar-refractivity contribution is -0.274. The molecular weight excluding hydrogens is 478 g/mol. The molecule has 3 rings (SSSR count). The van der Waals surface area contributed by atoms with Gasteiger partial charge in [0.1, 0.15) is 33.8 Å². The molecule has 0 spiro atoms. The van der Waals surface area contributed by atoms with E-state index in [-0.39, 0.29) is 24.7 Å². The van der Waals surface area contributed by atoms with Crippen LogP contribution in [0.1, 0.15) is 20.4 Å². The van der Waals surface area contributed by atoms with Crippen molar-refractivity contribution in [3.05, 3.63) is 69.9 Å². The van der Waals surface area contributed by atoms with Gasteiger partial charge in [0.2, 0.25) is 5.91 Å². The van der Waals surface area contributed by atoms with Crippen molar-refractivity contribution >= 4 is 28.8 Å². The summed E-state index contributed by atoms with van der Waals surface area (Å²) in [5, 5.41) is 3.03. The van der Waals surface area contributed by atoms with Crippen LogP contribution in [0.5, 0.6) is 11.5 Å². The third-order valence-electron chi connectivity index (χ3n) is 4.31. The van der Waals surface area contributed by atoms with Crippen molar-refractivity contribution < 1.29 is 36.6 Å². The van der Waals surface area contributed by atoms with E-state index < -0.39 is 23.9 Å². The monoisotopic (exact) mass is 497 g/mol. The Labute approximate surface area is 195 Å². The topological polar surface area (TPSA) is 80.8 Å². The molecule has 0 bridgehead atoms. The van der Waals surface area contributed by atoms with Crippen molar-refractivity contribution in [2.75, 3.05) is 18.9 Å². The summed E-state index contributed by atoms with van der Waals surface area (Å²) < 4.78 is 59.0. The minimum Gasteiger partial charge on any atom is -0.486 e. The molecule has 3 aromatic rings. The molecule has 1 N–H and O–H groups in total. The predicted octanol–water partition coefficient (Wildman–Crippen LogP) is 4.78. The molecular formula is C22H19F4N3O4S. The zero-order chi connectivity index (χ0) is 24.9. The highest BCUT2D eigenvalue weighted by atomic mass is 32.1. The summed E-state index contributed by atoms with van der Waals surface area (Å²) in [4.78, 5) is 30.9. The molecule has 0 saturated heterocycles. The number of aromatic nitrogens is 1. The number of hydrogen-bond donors (Lipinski definition) is 1. The van der Waals surface area contributed by atoms with Gasteiger partial charge in [-0.15, -0.1) is 24.5 Å². The van der Waals surface area contributed by atoms with Gasteiger partial charge in [0.05, 0.1) is 12.2 Å². The highest BCUT2D eigenvalue weighted by Gasteiger charge is 2.31. The van der Waals surface area contributed by atoms with Crippen molar-refractivity contribution in [2.24, 2.45) is 0 Å². The normalized spacial score (nSPS) is 11.1. The second-order valence-electron chi connectivity index (χ2n) is 7.05. The third kappa shape index (κ3) is 7.17. The lowest BCUT2D eigenvalue weighted by Gasteiger charge is -2.16. The minimum absolute atomic E-state index is 0.0860. The number of nitrogens with one attached hydrogen (secondary N) is 1. The first-order chi connectivity index (χ1) is 16.0. The summed E-state index contributed by atoms with van der Waals surface area (Å²) in [6.45, 7) is 1.45. The Hall–Kier alpha value is -3.67. The van der Waals surface area contributed by atoms with Gasteiger partial charge in [-0.3, -0.25) is 9.59 Å². The largest absolute Gasteiger partial charge is 0.573 e. The van der Waals surface area contributed by atoms with Gasteiger partial charge in [-0.1, -0.05) is 0 Å². The molecule has 0 atom stereocenters. The van der Waals surface area contributed by atoms with E-state index in [1.807, 2.05) is 0 Å². The zero-order valence-corrected chi connectivity index (χ0v) is 18.8. The van der Waals surface area contributed by atoms with Gasteiger partial charge in [-0.2, -0.15) is 0 Å². The average molecular weight is 497 g/mol. The average Bonchev–Trinajstić information content (AvgIpc) is 3.13. The molecule has 34 heavy (non-hydrogen) atoms. The van der Waals surface area contributed by atoms with Crippen molar-refractivity contribution in [1.82, 2.24) is 9.88 Å². The number of rotatable bonds is 8. The molecule has 0 unspecified atom stereocenters. The van der Waals surface area contributed by atoms with Crippen LogP contribution in [-0.2, 0) is 11.4 Å². The second kappa shape index (κ2) is 10.5. The number of likely N-dealkylation sites (N-methyl/N-ethyl adjacent to an activating group) is 1. The molecule has 2 aromatic carbocycles. The van der Waals surface area contributed by atoms with Gasteiger partial charge in [0.25, 0.3) is 5.91 Å². The van der Waals surface area contributed by atoms with Gasteiger partial charge in [0.15, 0.2) is 0 Å². The van der Waals surface area contributed by atoms with E-state index in [4.69, 9.17) is 4.74 Å². The smallest absolute Gasteiger partial charge is 0.486 e. The SMILES string of the molecule is Cc1nc(COc2ccc(F)cc2)sc1C(=O)N(C)CC(=O)Nc1ccc(OC(F)(F)F)cc1. The molecule has 2 amide bonds. The number of halogens is 4. The maximum Gasteiger partial charge on any atom is 0.573 e. The van der Waals surface area contributed by atoms with E-state index in [0.717, 1.165) is 23.5 Å². The fourth-order valence-electron chi connectivity index (χ4n) is 2.79. The molecule has 180 valence electrons. The van der Waals surface area contributed by atoms with Crippen molar-refractivity contribution in [3.63, 3.8) is 0 Å². The summed E-state index contributed by atoms with van der Waals surface area (Å²) >= 11 is 1.12. The van der Waals surface area contributed by atoms with Crippen LogP contribution in [0, 0.1) is 12.7 Å². The van der Waals surface area contributed by atoms with E-state index >= 15 is 0 Å². The van der Waals surface area contributed by atoms with Crippen molar-refractivity contribution in [3.8, 4) is 11.5 Å². The van der Waals surface area contributed by atoms with Gasteiger partial charge >= 0.3 is 6.36 Å². The Kier molecular flexibility index (Phi) is 7.72. The van der Waals surface area contributed by atoms with E-state index in [9.17, 15) is 27.2 Å². The van der Waals surface area contributed by atoms with E-state index in [2.05, 4.69) is 15.0 Å². The van der Waals surface area contributed by atoms with E-state index in [1.165, 1.54) is 48.3 Å². The van der Waals surface area contributed by atoms with Crippen LogP contribution in [0.3, 0.4) is 0 Å². The van der Waals surface area contributed by atoms with Crippen LogP contribution in [-0.4, -0.2) is 41.7 Å². The van der Waals surface area contributed by atoms with E-state index in [0.29, 0.717) is 21.3 Å². The maximum atomic E-state index is 13.0. The van der Waals surface area contributed by atoms with Gasteiger partial charge < -0.3 is 19.7 Å². The Morgan fingerprint density at radius 2 is 1.68 bits per heavy atom. The first-order valence-corrected chi connectivity index (χ1v) is 10.6. The summed E-state index contributed by atoms with van der Waals surface area (Å²) in [5.74, 6) is -1.31. The molecule has 0 aliphatic carbocycles. The minimum atomic E-state index is -4.81. The number of hydrogen-bond acceptors (Lipinski definition) is 6. The highest BCUT2D eigenvalue weighted by Crippen LogP contribution is 2.24. The Balaban J connectivity index is 1.54. The summed E-state index contributed by atoms with van der Waals surface area (Å²) in [6, 6.07) is 10.1. The lowest BCUT2D eigenvalue weighted by atomic mass is 10.3. The first-order valence-electron chi connectivity index (χ1n) is 9.76. The first kappa shape index (κ1) is 25.0. The van der Waals surface area contributed by atoms with Crippen LogP contribution >= 0.6 is 11.3 Å². The van der Waals surface area contributed by atoms with Crippen LogP contribution in [0.2, 0.25) is 0 Å². The fraction of sp³-hybridized carbons (Fsp3) is 0.227. The molecule has 1 aromatic heterocycles. The Morgan fingerprint density at radius 1 is 1.06 bits per heavy atom. The molecule has 0 radical (unpaired) electrons. The van der Waals surface area contributed by atoms with Crippen LogP contribution < -0.4 is 14.8 Å². The fourth-order valence-corrected chi connectivity index (χ4v) is 3.76. The number of carbonyl (C=O) groups excluding carboxylic acids is 2. The van der Waals surface area contributed by atoms with Gasteiger partial charge in [0, 0.05) is 12.7 Å². The highest BCUT2D eigenvalue weighted by molar-refractivity contribution is 7.13. The van der Waals surface area contributed by atoms with Crippen molar-refractivity contribution in [1.29, 1.82) is 0 Å².